The Morgan fingerprint density at radius 1 is 0.313 bits per heavy atom. The Labute approximate surface area is 415 Å². The summed E-state index contributed by atoms with van der Waals surface area (Å²) in [7, 11) is 0. The lowest BCUT2D eigenvalue weighted by Crippen LogP contribution is -2.30. The van der Waals surface area contributed by atoms with Crippen LogP contribution in [-0.4, -0.2) is 37.2 Å². The lowest BCUT2D eigenvalue weighted by Gasteiger charge is -2.18. The molecule has 6 heteroatoms. The van der Waals surface area contributed by atoms with Crippen LogP contribution in [0.2, 0.25) is 0 Å². The Morgan fingerprint density at radius 3 is 0.925 bits per heavy atom. The Bertz CT molecular complexity index is 1210. The quantitative estimate of drug-likeness (QED) is 0.0262. The smallest absolute Gasteiger partial charge is 0.306 e. The second-order valence-corrected chi connectivity index (χ2v) is 19.2. The first-order valence-electron chi connectivity index (χ1n) is 28.8. The molecule has 0 heterocycles. The van der Waals surface area contributed by atoms with Crippen LogP contribution in [0.25, 0.3) is 0 Å². The number of hydrogen-bond donors (Lipinski definition) is 0. The maximum atomic E-state index is 12.8. The standard InChI is InChI=1S/C61H108O6/c1-4-7-10-13-16-19-22-25-28-30-33-36-39-42-45-48-51-54-60(63)66-57-58(56-65-59(62)53-50-47-44-41-38-35-32-27-24-21-18-15-12-9-6-3)67-61(64)55-52-49-46-43-40-37-34-31-29-26-23-20-17-14-11-8-5-2/h8,11,17,20,26-27,29,32,34,37,58H,4-7,9-10,12-16,18-19,21-25,28,30-31,33,35-36,38-57H2,1-3H3/b11-8-,20-17-,29-26-,32-27-,37-34-/t58-/m1/s1. The SMILES string of the molecule is CC/C=C\C/C=C\C/C=C\C/C=C\CCCCCCC(=O)O[C@H](COC(=O)CCCCCCC/C=C\CCCCCCCC)COC(=O)CCCCCCCCCCCCCCCCCCC. The van der Waals surface area contributed by atoms with Crippen LogP contribution in [0.1, 0.15) is 290 Å². The number of ether oxygens (including phenoxy) is 3. The summed E-state index contributed by atoms with van der Waals surface area (Å²) >= 11 is 0. The first-order chi connectivity index (χ1) is 33.0. The number of hydrogen-bond acceptors (Lipinski definition) is 6. The summed E-state index contributed by atoms with van der Waals surface area (Å²) in [4.78, 5) is 38.1. The molecule has 0 radical (unpaired) electrons. The van der Waals surface area contributed by atoms with Gasteiger partial charge in [0.1, 0.15) is 13.2 Å². The zero-order valence-electron chi connectivity index (χ0n) is 44.4. The van der Waals surface area contributed by atoms with Gasteiger partial charge < -0.3 is 14.2 Å². The molecule has 0 rings (SSSR count). The van der Waals surface area contributed by atoms with Gasteiger partial charge in [0, 0.05) is 19.3 Å². The molecule has 67 heavy (non-hydrogen) atoms. The average molecular weight is 938 g/mol. The molecule has 0 amide bonds. The maximum Gasteiger partial charge on any atom is 0.306 e. The molecule has 0 aromatic carbocycles. The van der Waals surface area contributed by atoms with Crippen molar-refractivity contribution in [1.29, 1.82) is 0 Å². The monoisotopic (exact) mass is 937 g/mol. The molecule has 0 aliphatic rings. The van der Waals surface area contributed by atoms with Crippen LogP contribution in [0.3, 0.4) is 0 Å². The summed E-state index contributed by atoms with van der Waals surface area (Å²) in [5.41, 5.74) is 0. The van der Waals surface area contributed by atoms with Crippen molar-refractivity contribution in [1.82, 2.24) is 0 Å². The largest absolute Gasteiger partial charge is 0.462 e. The highest BCUT2D eigenvalue weighted by atomic mass is 16.6. The van der Waals surface area contributed by atoms with Crippen LogP contribution >= 0.6 is 0 Å². The molecule has 0 aromatic heterocycles. The van der Waals surface area contributed by atoms with E-state index in [0.717, 1.165) is 103 Å². The highest BCUT2D eigenvalue weighted by Gasteiger charge is 2.19. The van der Waals surface area contributed by atoms with Gasteiger partial charge in [-0.05, 0) is 83.5 Å². The van der Waals surface area contributed by atoms with Gasteiger partial charge in [-0.25, -0.2) is 0 Å². The molecule has 0 unspecified atom stereocenters. The van der Waals surface area contributed by atoms with Crippen LogP contribution in [0.4, 0.5) is 0 Å². The molecule has 1 atom stereocenters. The minimum Gasteiger partial charge on any atom is -0.462 e. The minimum atomic E-state index is -0.789. The maximum absolute atomic E-state index is 12.8. The molecule has 0 fully saturated rings. The van der Waals surface area contributed by atoms with E-state index in [-0.39, 0.29) is 31.1 Å². The van der Waals surface area contributed by atoms with Crippen molar-refractivity contribution >= 4 is 17.9 Å². The number of carbonyl (C=O) groups excluding carboxylic acids is 3. The van der Waals surface area contributed by atoms with Crippen LogP contribution in [0.15, 0.2) is 60.8 Å². The van der Waals surface area contributed by atoms with Crippen molar-refractivity contribution in [2.75, 3.05) is 13.2 Å². The fraction of sp³-hybridized carbons (Fsp3) is 0.787. The predicted octanol–water partition coefficient (Wildman–Crippen LogP) is 19.2. The van der Waals surface area contributed by atoms with Crippen molar-refractivity contribution in [3.63, 3.8) is 0 Å². The first-order valence-corrected chi connectivity index (χ1v) is 28.8. The molecule has 0 aromatic rings. The molecule has 0 N–H and O–H groups in total. The van der Waals surface area contributed by atoms with Gasteiger partial charge in [0.2, 0.25) is 0 Å². The molecule has 0 saturated carbocycles. The van der Waals surface area contributed by atoms with Gasteiger partial charge in [0.15, 0.2) is 6.10 Å². The Kier molecular flexibility index (Phi) is 53.3. The van der Waals surface area contributed by atoms with Crippen LogP contribution < -0.4 is 0 Å². The van der Waals surface area contributed by atoms with Gasteiger partial charge >= 0.3 is 17.9 Å². The van der Waals surface area contributed by atoms with Gasteiger partial charge in [-0.15, -0.1) is 0 Å². The Hall–Kier alpha value is -2.89. The number of rotatable bonds is 52. The van der Waals surface area contributed by atoms with Gasteiger partial charge in [0.05, 0.1) is 0 Å². The van der Waals surface area contributed by atoms with Gasteiger partial charge in [0.25, 0.3) is 0 Å². The van der Waals surface area contributed by atoms with Crippen molar-refractivity contribution in [3.05, 3.63) is 60.8 Å². The summed E-state index contributed by atoms with van der Waals surface area (Å²) in [6.07, 6.45) is 69.2. The Balaban J connectivity index is 4.41. The molecule has 0 bridgehead atoms. The zero-order valence-corrected chi connectivity index (χ0v) is 44.4. The number of carbonyl (C=O) groups is 3. The molecule has 0 aliphatic heterocycles. The number of esters is 3. The molecule has 0 aliphatic carbocycles. The van der Waals surface area contributed by atoms with Crippen LogP contribution in [0, 0.1) is 0 Å². The van der Waals surface area contributed by atoms with Gasteiger partial charge in [-0.3, -0.25) is 14.4 Å². The molecule has 0 saturated heterocycles. The summed E-state index contributed by atoms with van der Waals surface area (Å²) in [5.74, 6) is -0.905. The van der Waals surface area contributed by atoms with E-state index in [4.69, 9.17) is 14.2 Å². The summed E-state index contributed by atoms with van der Waals surface area (Å²) in [5, 5.41) is 0. The zero-order chi connectivity index (χ0) is 48.6. The molecular weight excluding hydrogens is 829 g/mol. The van der Waals surface area contributed by atoms with E-state index in [1.807, 2.05) is 0 Å². The van der Waals surface area contributed by atoms with E-state index in [0.29, 0.717) is 19.3 Å². The lowest BCUT2D eigenvalue weighted by molar-refractivity contribution is -0.167. The third-order valence-corrected chi connectivity index (χ3v) is 12.5. The molecular formula is C61H108O6. The average Bonchev–Trinajstić information content (AvgIpc) is 3.33. The van der Waals surface area contributed by atoms with Crippen molar-refractivity contribution < 1.29 is 28.6 Å². The minimum absolute atomic E-state index is 0.0842. The topological polar surface area (TPSA) is 78.9 Å². The number of allylic oxidation sites excluding steroid dienone is 10. The normalized spacial score (nSPS) is 12.5. The molecule has 388 valence electrons. The highest BCUT2D eigenvalue weighted by molar-refractivity contribution is 5.71. The second-order valence-electron chi connectivity index (χ2n) is 19.2. The molecule has 6 nitrogen and oxygen atoms in total. The van der Waals surface area contributed by atoms with E-state index in [2.05, 4.69) is 81.5 Å². The van der Waals surface area contributed by atoms with E-state index in [9.17, 15) is 14.4 Å². The second kappa shape index (κ2) is 55.7. The van der Waals surface area contributed by atoms with Gasteiger partial charge in [-0.2, -0.15) is 0 Å². The molecule has 0 spiro atoms. The van der Waals surface area contributed by atoms with E-state index in [1.165, 1.54) is 148 Å². The van der Waals surface area contributed by atoms with Crippen molar-refractivity contribution in [2.45, 2.75) is 297 Å². The van der Waals surface area contributed by atoms with Gasteiger partial charge in [-0.1, -0.05) is 248 Å². The third-order valence-electron chi connectivity index (χ3n) is 12.5. The lowest BCUT2D eigenvalue weighted by atomic mass is 10.0. The number of unbranched alkanes of at least 4 members (excludes halogenated alkanes) is 31. The first kappa shape index (κ1) is 64.1. The highest BCUT2D eigenvalue weighted by Crippen LogP contribution is 2.16. The summed E-state index contributed by atoms with van der Waals surface area (Å²) in [6, 6.07) is 0. The Morgan fingerprint density at radius 2 is 0.582 bits per heavy atom. The van der Waals surface area contributed by atoms with Crippen LogP contribution in [-0.2, 0) is 28.6 Å². The van der Waals surface area contributed by atoms with E-state index < -0.39 is 6.10 Å². The van der Waals surface area contributed by atoms with E-state index >= 15 is 0 Å². The van der Waals surface area contributed by atoms with Crippen LogP contribution in [0.5, 0.6) is 0 Å². The summed E-state index contributed by atoms with van der Waals surface area (Å²) in [6.45, 7) is 6.52. The predicted molar refractivity (Wildman–Crippen MR) is 288 cm³/mol. The van der Waals surface area contributed by atoms with Crippen molar-refractivity contribution in [2.24, 2.45) is 0 Å². The van der Waals surface area contributed by atoms with E-state index in [1.54, 1.807) is 0 Å². The third kappa shape index (κ3) is 53.9. The van der Waals surface area contributed by atoms with Crippen molar-refractivity contribution in [3.8, 4) is 0 Å². The fourth-order valence-corrected chi connectivity index (χ4v) is 8.19. The fourth-order valence-electron chi connectivity index (χ4n) is 8.19. The summed E-state index contributed by atoms with van der Waals surface area (Å²) < 4.78 is 16.9.